The molecule has 1 saturated heterocycles. The smallest absolute Gasteiger partial charge is 0.269 e. The molecule has 0 bridgehead atoms. The minimum atomic E-state index is -3.65. The fraction of sp³-hybridized carbons (Fsp3) is 0.538. The van der Waals surface area contributed by atoms with Gasteiger partial charge in [-0.15, -0.1) is 24.8 Å². The molecule has 138 valence electrons. The fourth-order valence-corrected chi connectivity index (χ4v) is 3.64. The third-order valence-corrected chi connectivity index (χ3v) is 5.21. The molecule has 0 radical (unpaired) electrons. The largest absolute Gasteiger partial charge is 0.314 e. The van der Waals surface area contributed by atoms with Crippen LogP contribution in [0.2, 0.25) is 0 Å². The van der Waals surface area contributed by atoms with E-state index < -0.39 is 14.9 Å². The molecule has 0 spiro atoms. The van der Waals surface area contributed by atoms with Gasteiger partial charge in [-0.25, -0.2) is 13.1 Å². The van der Waals surface area contributed by atoms with Crippen molar-refractivity contribution >= 4 is 40.5 Å². The number of hydrogen-bond acceptors (Lipinski definition) is 6. The number of aryl methyl sites for hydroxylation is 1. The van der Waals surface area contributed by atoms with E-state index in [2.05, 4.69) is 14.9 Å². The summed E-state index contributed by atoms with van der Waals surface area (Å²) in [6.45, 7) is 6.14. The highest BCUT2D eigenvalue weighted by Gasteiger charge is 2.19. The van der Waals surface area contributed by atoms with Crippen LogP contribution in [0.25, 0.3) is 0 Å². The number of halogens is 2. The van der Waals surface area contributed by atoms with E-state index in [0.717, 1.165) is 26.2 Å². The Morgan fingerprint density at radius 2 is 1.92 bits per heavy atom. The Kier molecular flexibility index (Phi) is 9.71. The van der Waals surface area contributed by atoms with E-state index in [-0.39, 0.29) is 35.4 Å². The molecule has 8 nitrogen and oxygen atoms in total. The van der Waals surface area contributed by atoms with Gasteiger partial charge in [0.1, 0.15) is 0 Å². The third-order valence-electron chi connectivity index (χ3n) is 3.59. The monoisotopic (exact) mass is 400 g/mol. The van der Waals surface area contributed by atoms with Crippen LogP contribution in [0.15, 0.2) is 23.1 Å². The zero-order valence-corrected chi connectivity index (χ0v) is 15.7. The van der Waals surface area contributed by atoms with E-state index in [0.29, 0.717) is 18.7 Å². The van der Waals surface area contributed by atoms with Gasteiger partial charge in [-0.2, -0.15) is 0 Å². The first-order valence-electron chi connectivity index (χ1n) is 7.08. The quantitative estimate of drug-likeness (QED) is 0.543. The molecule has 0 unspecified atom stereocenters. The number of sulfonamides is 1. The maximum Gasteiger partial charge on any atom is 0.269 e. The lowest BCUT2D eigenvalue weighted by Crippen LogP contribution is -2.46. The molecule has 11 heteroatoms. The lowest BCUT2D eigenvalue weighted by atomic mass is 10.2. The Bertz CT molecular complexity index is 651. The highest BCUT2D eigenvalue weighted by atomic mass is 35.5. The Balaban J connectivity index is 0.00000264. The van der Waals surface area contributed by atoms with Crippen molar-refractivity contribution in [1.82, 2.24) is 14.9 Å². The summed E-state index contributed by atoms with van der Waals surface area (Å²) in [5, 5.41) is 13.9. The number of nitro benzene ring substituents is 1. The summed E-state index contributed by atoms with van der Waals surface area (Å²) in [6.07, 6.45) is 0. The Labute approximate surface area is 154 Å². The lowest BCUT2D eigenvalue weighted by molar-refractivity contribution is -0.385. The summed E-state index contributed by atoms with van der Waals surface area (Å²) in [4.78, 5) is 12.4. The summed E-state index contributed by atoms with van der Waals surface area (Å²) >= 11 is 0. The second-order valence-electron chi connectivity index (χ2n) is 5.20. The first-order chi connectivity index (χ1) is 10.4. The van der Waals surface area contributed by atoms with Gasteiger partial charge in [0.05, 0.1) is 9.82 Å². The average molecular weight is 401 g/mol. The molecule has 0 amide bonds. The normalized spacial score (nSPS) is 15.2. The Hall–Kier alpha value is -0.970. The van der Waals surface area contributed by atoms with Crippen LogP contribution in [0, 0.1) is 17.0 Å². The molecule has 0 aliphatic carbocycles. The molecular formula is C13H22Cl2N4O4S. The second kappa shape index (κ2) is 10.1. The van der Waals surface area contributed by atoms with Gasteiger partial charge in [0, 0.05) is 51.4 Å². The number of non-ortho nitro benzene ring substituents is 1. The summed E-state index contributed by atoms with van der Waals surface area (Å²) in [6, 6.07) is 3.75. The zero-order chi connectivity index (χ0) is 16.2. The summed E-state index contributed by atoms with van der Waals surface area (Å²) in [5.41, 5.74) is 0.251. The zero-order valence-electron chi connectivity index (χ0n) is 13.2. The molecule has 1 aromatic carbocycles. The number of benzene rings is 1. The molecule has 24 heavy (non-hydrogen) atoms. The van der Waals surface area contributed by atoms with E-state index in [1.54, 1.807) is 6.92 Å². The lowest BCUT2D eigenvalue weighted by Gasteiger charge is -2.27. The molecule has 0 saturated carbocycles. The van der Waals surface area contributed by atoms with E-state index in [4.69, 9.17) is 0 Å². The summed E-state index contributed by atoms with van der Waals surface area (Å²) in [5.74, 6) is 0. The number of nitro groups is 1. The highest BCUT2D eigenvalue weighted by molar-refractivity contribution is 7.89. The van der Waals surface area contributed by atoms with Crippen molar-refractivity contribution in [3.05, 3.63) is 33.9 Å². The molecule has 2 N–H and O–H groups in total. The summed E-state index contributed by atoms with van der Waals surface area (Å²) in [7, 11) is -3.65. The van der Waals surface area contributed by atoms with E-state index in [9.17, 15) is 18.5 Å². The second-order valence-corrected chi connectivity index (χ2v) is 6.93. The van der Waals surface area contributed by atoms with Crippen LogP contribution in [0.3, 0.4) is 0 Å². The van der Waals surface area contributed by atoms with Crippen LogP contribution < -0.4 is 10.0 Å². The number of hydrogen-bond donors (Lipinski definition) is 2. The molecule has 1 aliphatic rings. The van der Waals surface area contributed by atoms with Crippen LogP contribution >= 0.6 is 24.8 Å². The van der Waals surface area contributed by atoms with Gasteiger partial charge in [0.2, 0.25) is 10.0 Å². The Morgan fingerprint density at radius 1 is 1.29 bits per heavy atom. The third kappa shape index (κ3) is 6.15. The van der Waals surface area contributed by atoms with Gasteiger partial charge in [-0.05, 0) is 18.6 Å². The van der Waals surface area contributed by atoms with Crippen LogP contribution in [0.5, 0.6) is 0 Å². The first kappa shape index (κ1) is 23.0. The minimum Gasteiger partial charge on any atom is -0.314 e. The summed E-state index contributed by atoms with van der Waals surface area (Å²) < 4.78 is 27.1. The van der Waals surface area contributed by atoms with E-state index in [1.807, 2.05) is 0 Å². The molecule has 0 atom stereocenters. The minimum absolute atomic E-state index is 0. The van der Waals surface area contributed by atoms with Gasteiger partial charge in [0.25, 0.3) is 5.69 Å². The van der Waals surface area contributed by atoms with Crippen molar-refractivity contribution in [3.63, 3.8) is 0 Å². The fourth-order valence-electron chi connectivity index (χ4n) is 2.40. The molecule has 2 rings (SSSR count). The standard InChI is InChI=1S/C13H20N4O4S.2ClH/c1-11-10-12(17(18)19)2-3-13(11)22(20,21)15-6-9-16-7-4-14-5-8-16;;/h2-3,10,14-15H,4-9H2,1H3;2*1H. The van der Waals surface area contributed by atoms with Crippen LogP contribution in [-0.4, -0.2) is 57.5 Å². The van der Waals surface area contributed by atoms with Crippen molar-refractivity contribution < 1.29 is 13.3 Å². The number of piperazine rings is 1. The van der Waals surface area contributed by atoms with Gasteiger partial charge in [-0.3, -0.25) is 15.0 Å². The number of rotatable bonds is 6. The molecule has 1 aromatic rings. The van der Waals surface area contributed by atoms with E-state index >= 15 is 0 Å². The first-order valence-corrected chi connectivity index (χ1v) is 8.56. The molecule has 1 aliphatic heterocycles. The van der Waals surface area contributed by atoms with Crippen LogP contribution in [0.4, 0.5) is 5.69 Å². The molecular weight excluding hydrogens is 379 g/mol. The van der Waals surface area contributed by atoms with Crippen LogP contribution in [0.1, 0.15) is 5.56 Å². The predicted molar refractivity (Wildman–Crippen MR) is 96.8 cm³/mol. The van der Waals surface area contributed by atoms with Crippen molar-refractivity contribution in [2.75, 3.05) is 39.3 Å². The predicted octanol–water partition coefficient (Wildman–Crippen LogP) is 0.930. The van der Waals surface area contributed by atoms with Gasteiger partial charge in [-0.1, -0.05) is 0 Å². The SMILES string of the molecule is Cc1cc([N+](=O)[O-])ccc1S(=O)(=O)NCCN1CCNCC1.Cl.Cl. The van der Waals surface area contributed by atoms with Crippen molar-refractivity contribution in [2.24, 2.45) is 0 Å². The van der Waals surface area contributed by atoms with Gasteiger partial charge >= 0.3 is 0 Å². The maximum atomic E-state index is 12.3. The molecule has 1 heterocycles. The maximum absolute atomic E-state index is 12.3. The van der Waals surface area contributed by atoms with Crippen molar-refractivity contribution in [3.8, 4) is 0 Å². The van der Waals surface area contributed by atoms with E-state index in [1.165, 1.54) is 18.2 Å². The Morgan fingerprint density at radius 3 is 2.46 bits per heavy atom. The van der Waals surface area contributed by atoms with Crippen molar-refractivity contribution in [2.45, 2.75) is 11.8 Å². The topological polar surface area (TPSA) is 105 Å². The average Bonchev–Trinajstić information content (AvgIpc) is 2.47. The number of nitrogens with zero attached hydrogens (tertiary/aromatic N) is 2. The molecule has 1 fully saturated rings. The number of nitrogens with one attached hydrogen (secondary N) is 2. The van der Waals surface area contributed by atoms with Crippen LogP contribution in [-0.2, 0) is 10.0 Å². The van der Waals surface area contributed by atoms with Gasteiger partial charge < -0.3 is 5.32 Å². The van der Waals surface area contributed by atoms with Gasteiger partial charge in [0.15, 0.2) is 0 Å². The molecule has 0 aromatic heterocycles. The van der Waals surface area contributed by atoms with Crippen molar-refractivity contribution in [1.29, 1.82) is 0 Å². The highest BCUT2D eigenvalue weighted by Crippen LogP contribution is 2.20.